The van der Waals surface area contributed by atoms with Gasteiger partial charge in [-0.3, -0.25) is 19.3 Å². The summed E-state index contributed by atoms with van der Waals surface area (Å²) in [4.78, 5) is 47.7. The highest BCUT2D eigenvalue weighted by molar-refractivity contribution is 6.21. The molecule has 2 N–H and O–H groups in total. The molecule has 0 bridgehead atoms. The Morgan fingerprint density at radius 2 is 1.80 bits per heavy atom. The SMILES string of the molecule is CC(OCCNC(=O)CCCN1C(=O)c2ccccc2C1=O)C(=O)O. The fourth-order valence-corrected chi connectivity index (χ4v) is 2.43. The van der Waals surface area contributed by atoms with Crippen LogP contribution < -0.4 is 5.32 Å². The first kappa shape index (κ1) is 18.6. The number of carboxylic acid groups (broad SMARTS) is 1. The quantitative estimate of drug-likeness (QED) is 0.501. The van der Waals surface area contributed by atoms with Crippen LogP contribution in [0.5, 0.6) is 0 Å². The number of carbonyl (C=O) groups is 4. The van der Waals surface area contributed by atoms with Gasteiger partial charge in [0, 0.05) is 19.5 Å². The van der Waals surface area contributed by atoms with Crippen LogP contribution in [0.1, 0.15) is 40.5 Å². The minimum absolute atomic E-state index is 0.0949. The van der Waals surface area contributed by atoms with Crippen LogP contribution in [-0.4, -0.2) is 59.5 Å². The molecule has 25 heavy (non-hydrogen) atoms. The van der Waals surface area contributed by atoms with Crippen molar-refractivity contribution in [2.75, 3.05) is 19.7 Å². The van der Waals surface area contributed by atoms with E-state index in [2.05, 4.69) is 5.32 Å². The van der Waals surface area contributed by atoms with Gasteiger partial charge in [0.05, 0.1) is 17.7 Å². The summed E-state index contributed by atoms with van der Waals surface area (Å²) >= 11 is 0. The van der Waals surface area contributed by atoms with Crippen molar-refractivity contribution in [1.29, 1.82) is 0 Å². The molecule has 8 heteroatoms. The van der Waals surface area contributed by atoms with E-state index < -0.39 is 12.1 Å². The minimum atomic E-state index is -1.06. The number of imide groups is 1. The van der Waals surface area contributed by atoms with E-state index in [9.17, 15) is 19.2 Å². The Balaban J connectivity index is 1.68. The third-order valence-corrected chi connectivity index (χ3v) is 3.80. The molecule has 0 saturated heterocycles. The standard InChI is InChI=1S/C17H20N2O6/c1-11(17(23)24)25-10-8-18-14(20)7-4-9-19-15(21)12-5-2-3-6-13(12)16(19)22/h2-3,5-6,11H,4,7-10H2,1H3,(H,18,20)(H,23,24). The summed E-state index contributed by atoms with van der Waals surface area (Å²) in [7, 11) is 0. The van der Waals surface area contributed by atoms with Crippen molar-refractivity contribution in [3.05, 3.63) is 35.4 Å². The third kappa shape index (κ3) is 4.63. The lowest BCUT2D eigenvalue weighted by Crippen LogP contribution is -2.33. The van der Waals surface area contributed by atoms with Gasteiger partial charge in [-0.1, -0.05) is 12.1 Å². The molecular formula is C17H20N2O6. The van der Waals surface area contributed by atoms with Crippen molar-refractivity contribution >= 4 is 23.7 Å². The van der Waals surface area contributed by atoms with E-state index in [1.54, 1.807) is 24.3 Å². The average molecular weight is 348 g/mol. The van der Waals surface area contributed by atoms with Crippen molar-refractivity contribution in [3.8, 4) is 0 Å². The molecule has 1 heterocycles. The summed E-state index contributed by atoms with van der Waals surface area (Å²) in [5.41, 5.74) is 0.781. The summed E-state index contributed by atoms with van der Waals surface area (Å²) in [5, 5.41) is 11.2. The first-order valence-corrected chi connectivity index (χ1v) is 7.98. The van der Waals surface area contributed by atoms with Crippen molar-refractivity contribution in [3.63, 3.8) is 0 Å². The molecule has 1 atom stereocenters. The van der Waals surface area contributed by atoms with Gasteiger partial charge in [0.1, 0.15) is 0 Å². The van der Waals surface area contributed by atoms with Crippen LogP contribution in [0.15, 0.2) is 24.3 Å². The monoisotopic (exact) mass is 348 g/mol. The van der Waals surface area contributed by atoms with E-state index in [0.29, 0.717) is 17.5 Å². The molecule has 1 aromatic carbocycles. The summed E-state index contributed by atoms with van der Waals surface area (Å²) in [5.74, 6) is -1.98. The number of nitrogens with zero attached hydrogens (tertiary/aromatic N) is 1. The average Bonchev–Trinajstić information content (AvgIpc) is 2.83. The van der Waals surface area contributed by atoms with Crippen LogP contribution in [0.3, 0.4) is 0 Å². The molecule has 1 unspecified atom stereocenters. The second-order valence-corrected chi connectivity index (χ2v) is 5.61. The van der Waals surface area contributed by atoms with Gasteiger partial charge >= 0.3 is 5.97 Å². The van der Waals surface area contributed by atoms with Crippen molar-refractivity contribution < 1.29 is 29.0 Å². The maximum absolute atomic E-state index is 12.2. The molecule has 1 aliphatic heterocycles. The number of nitrogens with one attached hydrogen (secondary N) is 1. The lowest BCUT2D eigenvalue weighted by molar-refractivity contribution is -0.149. The third-order valence-electron chi connectivity index (χ3n) is 3.80. The highest BCUT2D eigenvalue weighted by Crippen LogP contribution is 2.22. The van der Waals surface area contributed by atoms with E-state index >= 15 is 0 Å². The molecule has 1 aromatic rings. The number of rotatable bonds is 9. The fourth-order valence-electron chi connectivity index (χ4n) is 2.43. The van der Waals surface area contributed by atoms with Gasteiger partial charge in [-0.15, -0.1) is 0 Å². The molecular weight excluding hydrogens is 328 g/mol. The molecule has 0 fully saturated rings. The van der Waals surface area contributed by atoms with Gasteiger partial charge < -0.3 is 15.2 Å². The molecule has 0 radical (unpaired) electrons. The first-order valence-electron chi connectivity index (χ1n) is 7.98. The van der Waals surface area contributed by atoms with E-state index in [0.717, 1.165) is 4.90 Å². The van der Waals surface area contributed by atoms with Gasteiger partial charge in [-0.2, -0.15) is 0 Å². The predicted octanol–water partition coefficient (Wildman–Crippen LogP) is 0.669. The smallest absolute Gasteiger partial charge is 0.332 e. The largest absolute Gasteiger partial charge is 0.479 e. The maximum atomic E-state index is 12.2. The molecule has 2 rings (SSSR count). The van der Waals surface area contributed by atoms with Crippen LogP contribution in [0.25, 0.3) is 0 Å². The fraction of sp³-hybridized carbons (Fsp3) is 0.412. The van der Waals surface area contributed by atoms with Gasteiger partial charge in [0.25, 0.3) is 11.8 Å². The summed E-state index contributed by atoms with van der Waals surface area (Å²) < 4.78 is 4.99. The highest BCUT2D eigenvalue weighted by atomic mass is 16.5. The van der Waals surface area contributed by atoms with Crippen LogP contribution in [-0.2, 0) is 14.3 Å². The molecule has 0 saturated carbocycles. The first-order chi connectivity index (χ1) is 11.9. The zero-order valence-electron chi connectivity index (χ0n) is 13.9. The Labute approximate surface area is 144 Å². The highest BCUT2D eigenvalue weighted by Gasteiger charge is 2.34. The molecule has 8 nitrogen and oxygen atoms in total. The number of hydrogen-bond donors (Lipinski definition) is 2. The Hall–Kier alpha value is -2.74. The number of hydrogen-bond acceptors (Lipinski definition) is 5. The Morgan fingerprint density at radius 1 is 1.20 bits per heavy atom. The summed E-state index contributed by atoms with van der Waals surface area (Å²) in [6.45, 7) is 1.87. The normalized spacial score (nSPS) is 14.4. The van der Waals surface area contributed by atoms with Crippen LogP contribution in [0.2, 0.25) is 0 Å². The minimum Gasteiger partial charge on any atom is -0.479 e. The lowest BCUT2D eigenvalue weighted by atomic mass is 10.1. The molecule has 134 valence electrons. The van der Waals surface area contributed by atoms with Gasteiger partial charge in [-0.25, -0.2) is 4.79 Å². The number of fused-ring (bicyclic) bond motifs is 1. The van der Waals surface area contributed by atoms with Crippen molar-refractivity contribution in [2.45, 2.75) is 25.9 Å². The molecule has 0 aromatic heterocycles. The Bertz CT molecular complexity index is 652. The summed E-state index contributed by atoms with van der Waals surface area (Å²) in [6, 6.07) is 6.63. The van der Waals surface area contributed by atoms with E-state index in [-0.39, 0.29) is 43.8 Å². The zero-order chi connectivity index (χ0) is 18.4. The van der Waals surface area contributed by atoms with E-state index in [1.165, 1.54) is 6.92 Å². The van der Waals surface area contributed by atoms with Gasteiger partial charge in [0.15, 0.2) is 6.10 Å². The number of carboxylic acids is 1. The molecule has 1 aliphatic rings. The Morgan fingerprint density at radius 3 is 2.36 bits per heavy atom. The van der Waals surface area contributed by atoms with Crippen molar-refractivity contribution in [1.82, 2.24) is 10.2 Å². The second kappa shape index (κ2) is 8.39. The molecule has 0 spiro atoms. The lowest BCUT2D eigenvalue weighted by Gasteiger charge is -2.13. The van der Waals surface area contributed by atoms with Gasteiger partial charge in [-0.05, 0) is 25.5 Å². The van der Waals surface area contributed by atoms with Crippen LogP contribution in [0, 0.1) is 0 Å². The molecule has 0 aliphatic carbocycles. The van der Waals surface area contributed by atoms with E-state index in [4.69, 9.17) is 9.84 Å². The summed E-state index contributed by atoms with van der Waals surface area (Å²) in [6.07, 6.45) is -0.420. The predicted molar refractivity (Wildman–Crippen MR) is 87.1 cm³/mol. The van der Waals surface area contributed by atoms with Crippen LogP contribution >= 0.6 is 0 Å². The number of ether oxygens (including phenoxy) is 1. The number of carbonyl (C=O) groups excluding carboxylic acids is 3. The van der Waals surface area contributed by atoms with Gasteiger partial charge in [0.2, 0.25) is 5.91 Å². The van der Waals surface area contributed by atoms with Crippen molar-refractivity contribution in [2.24, 2.45) is 0 Å². The Kier molecular flexibility index (Phi) is 6.24. The maximum Gasteiger partial charge on any atom is 0.332 e. The number of amides is 3. The zero-order valence-corrected chi connectivity index (χ0v) is 13.9. The van der Waals surface area contributed by atoms with E-state index in [1.807, 2.05) is 0 Å². The number of benzene rings is 1. The topological polar surface area (TPSA) is 113 Å². The second-order valence-electron chi connectivity index (χ2n) is 5.61. The molecule has 3 amide bonds. The number of aliphatic carboxylic acids is 1. The van der Waals surface area contributed by atoms with Crippen LogP contribution in [0.4, 0.5) is 0 Å².